The zero-order valence-corrected chi connectivity index (χ0v) is 22.8. The molecule has 0 aliphatic heterocycles. The summed E-state index contributed by atoms with van der Waals surface area (Å²) in [7, 11) is -2.25. The second-order valence-corrected chi connectivity index (χ2v) is 11.7. The van der Waals surface area contributed by atoms with E-state index in [0.717, 1.165) is 52.9 Å². The molecule has 4 heteroatoms. The number of hydrogen-bond acceptors (Lipinski definition) is 1. The minimum absolute atomic E-state index is 0.904. The fourth-order valence-electron chi connectivity index (χ4n) is 4.12. The lowest BCUT2D eigenvalue weighted by Crippen LogP contribution is -2.12. The first-order valence-corrected chi connectivity index (χ1v) is 13.5. The van der Waals surface area contributed by atoms with Crippen LogP contribution in [0.4, 0.5) is 0 Å². The van der Waals surface area contributed by atoms with E-state index in [-0.39, 0.29) is 0 Å². The minimum Gasteiger partial charge on any atom is -0.317 e. The van der Waals surface area contributed by atoms with Crippen molar-refractivity contribution < 1.29 is 4.57 Å². The smallest absolute Gasteiger partial charge is 0.133 e. The van der Waals surface area contributed by atoms with Crippen molar-refractivity contribution in [2.75, 3.05) is 0 Å². The Morgan fingerprint density at radius 3 is 1.31 bits per heavy atom. The third-order valence-electron chi connectivity index (χ3n) is 5.93. The summed E-state index contributed by atoms with van der Waals surface area (Å²) in [6.45, 7) is 8.39. The number of rotatable bonds is 4. The van der Waals surface area contributed by atoms with Gasteiger partial charge in [0.05, 0.1) is 0 Å². The molecule has 4 aromatic carbocycles. The van der Waals surface area contributed by atoms with Gasteiger partial charge < -0.3 is 4.57 Å². The maximum atomic E-state index is 14.1. The Kier molecular flexibility index (Phi) is 6.91. The molecule has 0 saturated carbocycles. The van der Waals surface area contributed by atoms with Crippen molar-refractivity contribution in [3.05, 3.63) is 104 Å². The Labute approximate surface area is 208 Å². The second kappa shape index (κ2) is 9.51. The molecule has 0 radical (unpaired) electrons. The lowest BCUT2D eigenvalue weighted by atomic mass is 9.98. The van der Waals surface area contributed by atoms with Gasteiger partial charge in [-0.15, -0.1) is 0 Å². The van der Waals surface area contributed by atoms with Crippen LogP contribution in [-0.4, -0.2) is 0 Å². The molecule has 0 aliphatic carbocycles. The highest BCUT2D eigenvalue weighted by Gasteiger charge is 2.19. The summed E-state index contributed by atoms with van der Waals surface area (Å²) in [5, 5.41) is 1.81. The molecule has 0 unspecified atom stereocenters. The zero-order chi connectivity index (χ0) is 23.0. The topological polar surface area (TPSA) is 17.1 Å². The summed E-state index contributed by atoms with van der Waals surface area (Å²) in [5.41, 5.74) is 9.02. The quantitative estimate of drug-likeness (QED) is 0.227. The first-order valence-electron chi connectivity index (χ1n) is 10.5. The molecule has 0 bridgehead atoms. The standard InChI is InChI=1S/C28H25Br2OP/c1-17-15-25(29)19(3)13-23(17)21-9-5-7-11-27(21)32(31)28-12-8-6-10-22(28)24-14-20(4)26(30)16-18(24)2/h5-16,32H,1-4H3. The fraction of sp³-hybridized carbons (Fsp3) is 0.143. The van der Waals surface area contributed by atoms with Crippen LogP contribution in [0.5, 0.6) is 0 Å². The molecule has 0 fully saturated rings. The number of halogens is 2. The van der Waals surface area contributed by atoms with Gasteiger partial charge in [0.25, 0.3) is 0 Å². The molecular formula is C28H25Br2OP. The third kappa shape index (κ3) is 4.44. The summed E-state index contributed by atoms with van der Waals surface area (Å²) in [6, 6.07) is 24.9. The van der Waals surface area contributed by atoms with Gasteiger partial charge in [-0.25, -0.2) is 0 Å². The Morgan fingerprint density at radius 1 is 0.531 bits per heavy atom. The largest absolute Gasteiger partial charge is 0.317 e. The minimum atomic E-state index is -2.25. The van der Waals surface area contributed by atoms with Crippen LogP contribution in [0.15, 0.2) is 81.7 Å². The first-order chi connectivity index (χ1) is 15.3. The predicted molar refractivity (Wildman–Crippen MR) is 146 cm³/mol. The molecule has 4 aromatic rings. The maximum Gasteiger partial charge on any atom is 0.133 e. The molecule has 0 heterocycles. The van der Waals surface area contributed by atoms with Crippen LogP contribution in [0, 0.1) is 27.7 Å². The monoisotopic (exact) mass is 566 g/mol. The molecule has 0 spiro atoms. The van der Waals surface area contributed by atoms with Gasteiger partial charge in [0.1, 0.15) is 7.80 Å². The second-order valence-electron chi connectivity index (χ2n) is 8.25. The Hall–Kier alpha value is -1.93. The lowest BCUT2D eigenvalue weighted by molar-refractivity contribution is 0.598. The van der Waals surface area contributed by atoms with Crippen molar-refractivity contribution in [2.45, 2.75) is 27.7 Å². The summed E-state index contributed by atoms with van der Waals surface area (Å²) < 4.78 is 16.3. The lowest BCUT2D eigenvalue weighted by Gasteiger charge is -2.17. The van der Waals surface area contributed by atoms with E-state index in [2.05, 4.69) is 96.0 Å². The van der Waals surface area contributed by atoms with Gasteiger partial charge in [0.2, 0.25) is 0 Å². The maximum absolute atomic E-state index is 14.1. The van der Waals surface area contributed by atoms with Gasteiger partial charge in [-0.1, -0.05) is 92.5 Å². The van der Waals surface area contributed by atoms with E-state index in [1.54, 1.807) is 0 Å². The first kappa shape index (κ1) is 23.2. The molecular weight excluding hydrogens is 543 g/mol. The van der Waals surface area contributed by atoms with Gasteiger partial charge in [0, 0.05) is 19.6 Å². The Bertz CT molecular complexity index is 1250. The fourth-order valence-corrected chi connectivity index (χ4v) is 6.75. The van der Waals surface area contributed by atoms with E-state index in [4.69, 9.17) is 0 Å². The van der Waals surface area contributed by atoms with Gasteiger partial charge in [0.15, 0.2) is 0 Å². The molecule has 0 atom stereocenters. The zero-order valence-electron chi connectivity index (χ0n) is 18.6. The molecule has 0 amide bonds. The average molecular weight is 568 g/mol. The van der Waals surface area contributed by atoms with Gasteiger partial charge >= 0.3 is 0 Å². The summed E-state index contributed by atoms with van der Waals surface area (Å²) in [4.78, 5) is 0. The summed E-state index contributed by atoms with van der Waals surface area (Å²) in [6.07, 6.45) is 0. The van der Waals surface area contributed by atoms with E-state index in [0.29, 0.717) is 0 Å². The average Bonchev–Trinajstić information content (AvgIpc) is 2.78. The van der Waals surface area contributed by atoms with Crippen LogP contribution in [0.3, 0.4) is 0 Å². The molecule has 32 heavy (non-hydrogen) atoms. The Balaban J connectivity index is 1.89. The molecule has 0 aromatic heterocycles. The number of hydrogen-bond donors (Lipinski definition) is 0. The van der Waals surface area contributed by atoms with Crippen LogP contribution >= 0.6 is 39.7 Å². The van der Waals surface area contributed by atoms with E-state index in [9.17, 15) is 4.57 Å². The van der Waals surface area contributed by atoms with E-state index in [1.807, 2.05) is 36.4 Å². The van der Waals surface area contributed by atoms with Crippen LogP contribution in [0.2, 0.25) is 0 Å². The number of benzene rings is 4. The van der Waals surface area contributed by atoms with Crippen molar-refractivity contribution in [1.82, 2.24) is 0 Å². The summed E-state index contributed by atoms with van der Waals surface area (Å²) >= 11 is 7.26. The highest BCUT2D eigenvalue weighted by Crippen LogP contribution is 2.36. The molecule has 1 nitrogen and oxygen atoms in total. The molecule has 4 rings (SSSR count). The van der Waals surface area contributed by atoms with E-state index < -0.39 is 7.80 Å². The van der Waals surface area contributed by atoms with Crippen molar-refractivity contribution in [1.29, 1.82) is 0 Å². The van der Waals surface area contributed by atoms with Crippen molar-refractivity contribution in [3.8, 4) is 22.3 Å². The van der Waals surface area contributed by atoms with Crippen molar-refractivity contribution >= 4 is 50.3 Å². The normalized spacial score (nSPS) is 11.2. The van der Waals surface area contributed by atoms with Crippen LogP contribution in [0.25, 0.3) is 22.3 Å². The SMILES string of the molecule is Cc1cc(-c2ccccc2[PH](=O)c2ccccc2-c2cc(C)c(Br)cc2C)c(C)cc1Br. The van der Waals surface area contributed by atoms with E-state index in [1.165, 1.54) is 11.1 Å². The van der Waals surface area contributed by atoms with Gasteiger partial charge in [-0.3, -0.25) is 0 Å². The molecule has 0 N–H and O–H groups in total. The third-order valence-corrected chi connectivity index (χ3v) is 9.49. The van der Waals surface area contributed by atoms with Crippen LogP contribution in [0.1, 0.15) is 22.3 Å². The Morgan fingerprint density at radius 2 is 0.906 bits per heavy atom. The molecule has 162 valence electrons. The van der Waals surface area contributed by atoms with Gasteiger partial charge in [-0.05, 0) is 84.3 Å². The number of aryl methyl sites for hydroxylation is 4. The highest BCUT2D eigenvalue weighted by atomic mass is 79.9. The van der Waals surface area contributed by atoms with Crippen LogP contribution < -0.4 is 10.6 Å². The summed E-state index contributed by atoms with van der Waals surface area (Å²) in [5.74, 6) is 0. The predicted octanol–water partition coefficient (Wildman–Crippen LogP) is 8.29. The highest BCUT2D eigenvalue weighted by molar-refractivity contribution is 9.10. The molecule has 0 saturated heterocycles. The van der Waals surface area contributed by atoms with E-state index >= 15 is 0 Å². The van der Waals surface area contributed by atoms with Crippen molar-refractivity contribution in [3.63, 3.8) is 0 Å². The van der Waals surface area contributed by atoms with Gasteiger partial charge in [-0.2, -0.15) is 0 Å². The van der Waals surface area contributed by atoms with Crippen LogP contribution in [-0.2, 0) is 4.57 Å². The molecule has 0 aliphatic rings. The van der Waals surface area contributed by atoms with Crippen molar-refractivity contribution in [2.24, 2.45) is 0 Å².